The van der Waals surface area contributed by atoms with Crippen molar-refractivity contribution in [3.63, 3.8) is 0 Å². The Balaban J connectivity index is 2.64. The number of halogens is 1. The van der Waals surface area contributed by atoms with Crippen molar-refractivity contribution in [1.82, 2.24) is 0 Å². The van der Waals surface area contributed by atoms with Gasteiger partial charge in [-0.2, -0.15) is 5.10 Å². The summed E-state index contributed by atoms with van der Waals surface area (Å²) in [5.41, 5.74) is 3.58. The molecule has 1 N–H and O–H groups in total. The van der Waals surface area contributed by atoms with Crippen LogP contribution in [0.1, 0.15) is 24.2 Å². The van der Waals surface area contributed by atoms with Crippen molar-refractivity contribution in [1.29, 1.82) is 0 Å². The number of anilines is 1. The highest BCUT2D eigenvalue weighted by atomic mass is 35.5. The van der Waals surface area contributed by atoms with Gasteiger partial charge in [0.1, 0.15) is 0 Å². The number of nitrogens with one attached hydrogen (secondary N) is 1. The Labute approximate surface area is 121 Å². The van der Waals surface area contributed by atoms with Crippen molar-refractivity contribution < 1.29 is 19.1 Å². The van der Waals surface area contributed by atoms with E-state index in [0.29, 0.717) is 17.9 Å². The van der Waals surface area contributed by atoms with Gasteiger partial charge < -0.3 is 9.47 Å². The van der Waals surface area contributed by atoms with E-state index in [1.807, 2.05) is 0 Å². The summed E-state index contributed by atoms with van der Waals surface area (Å²) in [5, 5.41) is 3.36. The molecule has 1 aromatic carbocycles. The number of rotatable bonds is 6. The monoisotopic (exact) mass is 298 g/mol. The summed E-state index contributed by atoms with van der Waals surface area (Å²) in [7, 11) is 0. The molecule has 0 aliphatic heterocycles. The van der Waals surface area contributed by atoms with Gasteiger partial charge in [-0.05, 0) is 38.1 Å². The third-order valence-corrected chi connectivity index (χ3v) is 2.36. The standard InChI is InChI=1S/C13H15ClN2O4/c1-3-19-12(17)9-5-7-10(8-6-9)15-16-11(14)13(18)20-4-2/h5-8,15H,3-4H2,1-2H3/b16-11-. The highest BCUT2D eigenvalue weighted by molar-refractivity contribution is 6.82. The lowest BCUT2D eigenvalue weighted by molar-refractivity contribution is -0.134. The molecule has 0 aliphatic rings. The zero-order valence-corrected chi connectivity index (χ0v) is 11.9. The number of hydrogen-bond acceptors (Lipinski definition) is 6. The number of carbonyl (C=O) groups is 2. The minimum atomic E-state index is -0.704. The normalized spacial score (nSPS) is 10.8. The zero-order valence-electron chi connectivity index (χ0n) is 11.2. The predicted octanol–water partition coefficient (Wildman–Crippen LogP) is 2.39. The van der Waals surface area contributed by atoms with Gasteiger partial charge in [-0.1, -0.05) is 11.6 Å². The van der Waals surface area contributed by atoms with Gasteiger partial charge in [-0.3, -0.25) is 5.43 Å². The first kappa shape index (κ1) is 16.0. The quantitative estimate of drug-likeness (QED) is 0.496. The number of esters is 2. The van der Waals surface area contributed by atoms with Crippen LogP contribution in [-0.2, 0) is 14.3 Å². The first-order chi connectivity index (χ1) is 9.58. The lowest BCUT2D eigenvalue weighted by Gasteiger charge is -2.04. The highest BCUT2D eigenvalue weighted by Gasteiger charge is 2.09. The topological polar surface area (TPSA) is 77.0 Å². The first-order valence-electron chi connectivity index (χ1n) is 6.02. The molecule has 0 bridgehead atoms. The Morgan fingerprint density at radius 3 is 2.30 bits per heavy atom. The predicted molar refractivity (Wildman–Crippen MR) is 75.9 cm³/mol. The van der Waals surface area contributed by atoms with Gasteiger partial charge in [0.25, 0.3) is 0 Å². The number of benzene rings is 1. The molecule has 0 aromatic heterocycles. The third kappa shape index (κ3) is 4.89. The molecule has 0 saturated heterocycles. The van der Waals surface area contributed by atoms with Crippen molar-refractivity contribution >= 4 is 34.4 Å². The SMILES string of the molecule is CCOC(=O)/C(Cl)=N/Nc1ccc(C(=O)OCC)cc1. The van der Waals surface area contributed by atoms with E-state index in [9.17, 15) is 9.59 Å². The molecule has 0 atom stereocenters. The van der Waals surface area contributed by atoms with Gasteiger partial charge in [-0.25, -0.2) is 9.59 Å². The first-order valence-corrected chi connectivity index (χ1v) is 6.39. The maximum absolute atomic E-state index is 11.4. The zero-order chi connectivity index (χ0) is 15.0. The molecule has 0 spiro atoms. The van der Waals surface area contributed by atoms with E-state index in [1.165, 1.54) is 0 Å². The Bertz CT molecular complexity index is 500. The summed E-state index contributed by atoms with van der Waals surface area (Å²) >= 11 is 5.62. The molecule has 1 rings (SSSR count). The van der Waals surface area contributed by atoms with Crippen LogP contribution in [0.2, 0.25) is 0 Å². The van der Waals surface area contributed by atoms with Crippen LogP contribution in [0.3, 0.4) is 0 Å². The number of hydrazone groups is 1. The number of nitrogens with zero attached hydrogens (tertiary/aromatic N) is 1. The minimum Gasteiger partial charge on any atom is -0.462 e. The Morgan fingerprint density at radius 2 is 1.75 bits per heavy atom. The van der Waals surface area contributed by atoms with Crippen LogP contribution >= 0.6 is 11.6 Å². The highest BCUT2D eigenvalue weighted by Crippen LogP contribution is 2.11. The molecule has 0 radical (unpaired) electrons. The van der Waals surface area contributed by atoms with Gasteiger partial charge in [0.2, 0.25) is 5.17 Å². The van der Waals surface area contributed by atoms with Crippen LogP contribution in [0, 0.1) is 0 Å². The summed E-state index contributed by atoms with van der Waals surface area (Å²) in [5.74, 6) is -1.10. The molecule has 0 aliphatic carbocycles. The van der Waals surface area contributed by atoms with Gasteiger partial charge >= 0.3 is 11.9 Å². The van der Waals surface area contributed by atoms with E-state index < -0.39 is 11.9 Å². The molecule has 0 saturated carbocycles. The maximum atomic E-state index is 11.4. The van der Waals surface area contributed by atoms with Crippen LogP contribution in [0.15, 0.2) is 29.4 Å². The third-order valence-electron chi connectivity index (χ3n) is 2.12. The van der Waals surface area contributed by atoms with Crippen LogP contribution in [0.5, 0.6) is 0 Å². The number of carbonyl (C=O) groups excluding carboxylic acids is 2. The van der Waals surface area contributed by atoms with Crippen LogP contribution in [0.4, 0.5) is 5.69 Å². The lowest BCUT2D eigenvalue weighted by atomic mass is 10.2. The van der Waals surface area contributed by atoms with Crippen LogP contribution in [0.25, 0.3) is 0 Å². The molecule has 0 unspecified atom stereocenters. The van der Waals surface area contributed by atoms with Crippen molar-refractivity contribution in [3.05, 3.63) is 29.8 Å². The summed E-state index contributed by atoms with van der Waals surface area (Å²) in [6.45, 7) is 3.95. The van der Waals surface area contributed by atoms with E-state index in [-0.39, 0.29) is 11.8 Å². The fourth-order valence-electron chi connectivity index (χ4n) is 1.25. The molecular weight excluding hydrogens is 284 g/mol. The van der Waals surface area contributed by atoms with E-state index in [0.717, 1.165) is 0 Å². The van der Waals surface area contributed by atoms with Gasteiger partial charge in [-0.15, -0.1) is 0 Å². The van der Waals surface area contributed by atoms with E-state index in [4.69, 9.17) is 16.3 Å². The molecule has 20 heavy (non-hydrogen) atoms. The van der Waals surface area contributed by atoms with Gasteiger partial charge in [0.05, 0.1) is 24.5 Å². The summed E-state index contributed by atoms with van der Waals surface area (Å²) in [6, 6.07) is 6.39. The molecule has 108 valence electrons. The summed E-state index contributed by atoms with van der Waals surface area (Å²) in [6.07, 6.45) is 0. The van der Waals surface area contributed by atoms with Crippen molar-refractivity contribution in [2.24, 2.45) is 5.10 Å². The fourth-order valence-corrected chi connectivity index (χ4v) is 1.34. The molecule has 0 amide bonds. The summed E-state index contributed by atoms with van der Waals surface area (Å²) in [4.78, 5) is 22.6. The van der Waals surface area contributed by atoms with Gasteiger partial charge in [0, 0.05) is 0 Å². The van der Waals surface area contributed by atoms with Crippen molar-refractivity contribution in [2.75, 3.05) is 18.6 Å². The average molecular weight is 299 g/mol. The fraction of sp³-hybridized carbons (Fsp3) is 0.308. The Morgan fingerprint density at radius 1 is 1.15 bits per heavy atom. The molecule has 6 nitrogen and oxygen atoms in total. The van der Waals surface area contributed by atoms with E-state index >= 15 is 0 Å². The second-order valence-electron chi connectivity index (χ2n) is 3.53. The average Bonchev–Trinajstić information content (AvgIpc) is 2.45. The maximum Gasteiger partial charge on any atom is 0.370 e. The van der Waals surface area contributed by atoms with Crippen molar-refractivity contribution in [3.8, 4) is 0 Å². The van der Waals surface area contributed by atoms with Gasteiger partial charge in [0.15, 0.2) is 0 Å². The Kier molecular flexibility index (Phi) is 6.52. The molecular formula is C13H15ClN2O4. The molecule has 7 heteroatoms. The van der Waals surface area contributed by atoms with Crippen molar-refractivity contribution in [2.45, 2.75) is 13.8 Å². The lowest BCUT2D eigenvalue weighted by Crippen LogP contribution is -2.13. The second kappa shape index (κ2) is 8.16. The second-order valence-corrected chi connectivity index (χ2v) is 3.89. The number of hydrogen-bond donors (Lipinski definition) is 1. The molecule has 0 fully saturated rings. The van der Waals surface area contributed by atoms with Crippen LogP contribution in [-0.4, -0.2) is 30.3 Å². The molecule has 1 aromatic rings. The van der Waals surface area contributed by atoms with E-state index in [2.05, 4.69) is 15.3 Å². The molecule has 0 heterocycles. The van der Waals surface area contributed by atoms with Crippen LogP contribution < -0.4 is 5.43 Å². The smallest absolute Gasteiger partial charge is 0.370 e. The minimum absolute atomic E-state index is 0.221. The largest absolute Gasteiger partial charge is 0.462 e. The Hall–Kier alpha value is -2.08. The van der Waals surface area contributed by atoms with E-state index in [1.54, 1.807) is 38.1 Å². The summed E-state index contributed by atoms with van der Waals surface area (Å²) < 4.78 is 9.52. The number of ether oxygens (including phenoxy) is 2.